The number of rotatable bonds is 5. The molecule has 1 atom stereocenters. The molecular formula is C9H9BrN2O3. The molecule has 1 amide bonds. The van der Waals surface area contributed by atoms with Crippen molar-refractivity contribution in [1.82, 2.24) is 10.3 Å². The lowest BCUT2D eigenvalue weighted by Crippen LogP contribution is -2.23. The molecule has 2 N–H and O–H groups in total. The molecule has 15 heavy (non-hydrogen) atoms. The normalized spacial score (nSPS) is 11.8. The highest BCUT2D eigenvalue weighted by Gasteiger charge is 2.15. The van der Waals surface area contributed by atoms with E-state index in [9.17, 15) is 9.59 Å². The van der Waals surface area contributed by atoms with E-state index in [-0.39, 0.29) is 6.42 Å². The molecule has 1 rings (SSSR count). The maximum Gasteiger partial charge on any atom is 0.305 e. The third kappa shape index (κ3) is 3.67. The molecule has 0 unspecified atom stereocenters. The molecule has 0 saturated heterocycles. The van der Waals surface area contributed by atoms with Crippen molar-refractivity contribution in [2.24, 2.45) is 0 Å². The number of pyridine rings is 1. The lowest BCUT2D eigenvalue weighted by Gasteiger charge is -2.12. The lowest BCUT2D eigenvalue weighted by atomic mass is 10.1. The zero-order valence-corrected chi connectivity index (χ0v) is 9.27. The average molecular weight is 273 g/mol. The zero-order chi connectivity index (χ0) is 11.3. The Morgan fingerprint density at radius 2 is 2.40 bits per heavy atom. The number of nitrogens with one attached hydrogen (secondary N) is 1. The van der Waals surface area contributed by atoms with Gasteiger partial charge in [0.05, 0.1) is 18.2 Å². The monoisotopic (exact) mass is 272 g/mol. The summed E-state index contributed by atoms with van der Waals surface area (Å²) in [5, 5.41) is 11.0. The number of nitrogens with zero attached hydrogens (tertiary/aromatic N) is 1. The maximum atomic E-state index is 10.5. The summed E-state index contributed by atoms with van der Waals surface area (Å²) in [6, 6.07) is 2.81. The number of carboxylic acid groups (broad SMARTS) is 1. The SMILES string of the molecule is O=CN[C@H](CC(=O)O)c1ccc(Br)cn1. The molecule has 1 aromatic rings. The summed E-state index contributed by atoms with van der Waals surface area (Å²) in [6.07, 6.45) is 1.83. The first-order valence-corrected chi connectivity index (χ1v) is 4.95. The zero-order valence-electron chi connectivity index (χ0n) is 7.68. The highest BCUT2D eigenvalue weighted by Crippen LogP contribution is 2.16. The molecule has 0 saturated carbocycles. The van der Waals surface area contributed by atoms with Gasteiger partial charge in [0.1, 0.15) is 0 Å². The summed E-state index contributed by atoms with van der Waals surface area (Å²) >= 11 is 3.22. The predicted molar refractivity (Wildman–Crippen MR) is 56.1 cm³/mol. The van der Waals surface area contributed by atoms with Gasteiger partial charge in [-0.15, -0.1) is 0 Å². The highest BCUT2D eigenvalue weighted by molar-refractivity contribution is 9.10. The minimum Gasteiger partial charge on any atom is -0.481 e. The summed E-state index contributed by atoms with van der Waals surface area (Å²) in [7, 11) is 0. The van der Waals surface area contributed by atoms with Crippen molar-refractivity contribution in [3.63, 3.8) is 0 Å². The topological polar surface area (TPSA) is 79.3 Å². The number of carbonyl (C=O) groups is 2. The summed E-state index contributed by atoms with van der Waals surface area (Å²) < 4.78 is 0.798. The molecule has 0 aliphatic carbocycles. The number of aliphatic carboxylic acids is 1. The van der Waals surface area contributed by atoms with E-state index in [2.05, 4.69) is 26.2 Å². The quantitative estimate of drug-likeness (QED) is 0.787. The van der Waals surface area contributed by atoms with Crippen molar-refractivity contribution in [1.29, 1.82) is 0 Å². The van der Waals surface area contributed by atoms with E-state index in [0.717, 1.165) is 4.47 Å². The van der Waals surface area contributed by atoms with Gasteiger partial charge in [0.15, 0.2) is 0 Å². The van der Waals surface area contributed by atoms with Crippen LogP contribution in [-0.2, 0) is 9.59 Å². The average Bonchev–Trinajstić information content (AvgIpc) is 2.17. The molecule has 0 aliphatic rings. The smallest absolute Gasteiger partial charge is 0.305 e. The molecule has 6 heteroatoms. The number of halogens is 1. The van der Waals surface area contributed by atoms with Crippen LogP contribution in [0.4, 0.5) is 0 Å². The number of hydrogen-bond acceptors (Lipinski definition) is 3. The van der Waals surface area contributed by atoms with Gasteiger partial charge in [0.2, 0.25) is 6.41 Å². The second-order valence-corrected chi connectivity index (χ2v) is 3.75. The number of carbonyl (C=O) groups excluding carboxylic acids is 1. The molecule has 1 heterocycles. The van der Waals surface area contributed by atoms with E-state index in [1.807, 2.05) is 0 Å². The second-order valence-electron chi connectivity index (χ2n) is 2.84. The van der Waals surface area contributed by atoms with Gasteiger partial charge in [-0.2, -0.15) is 0 Å². The minimum atomic E-state index is -0.987. The summed E-state index contributed by atoms with van der Waals surface area (Å²) in [6.45, 7) is 0. The van der Waals surface area contributed by atoms with E-state index in [4.69, 9.17) is 5.11 Å². The van der Waals surface area contributed by atoms with Crippen LogP contribution in [0.15, 0.2) is 22.8 Å². The molecule has 0 radical (unpaired) electrons. The highest BCUT2D eigenvalue weighted by atomic mass is 79.9. The molecule has 0 aliphatic heterocycles. The molecular weight excluding hydrogens is 264 g/mol. The fourth-order valence-electron chi connectivity index (χ4n) is 1.10. The molecule has 0 bridgehead atoms. The van der Waals surface area contributed by atoms with Crippen LogP contribution in [0.2, 0.25) is 0 Å². The third-order valence-electron chi connectivity index (χ3n) is 1.76. The van der Waals surface area contributed by atoms with Gasteiger partial charge in [-0.05, 0) is 28.1 Å². The fourth-order valence-corrected chi connectivity index (χ4v) is 1.33. The van der Waals surface area contributed by atoms with Crippen LogP contribution in [0.25, 0.3) is 0 Å². The van der Waals surface area contributed by atoms with E-state index >= 15 is 0 Å². The summed E-state index contributed by atoms with van der Waals surface area (Å²) in [4.78, 5) is 24.8. The van der Waals surface area contributed by atoms with Crippen molar-refractivity contribution in [3.05, 3.63) is 28.5 Å². The predicted octanol–water partition coefficient (Wildman–Crippen LogP) is 1.11. The standard InChI is InChI=1S/C9H9BrN2O3/c10-6-1-2-7(11-4-6)8(12-5-13)3-9(14)15/h1-2,4-5,8H,3H2,(H,12,13)(H,14,15)/t8-/m1/s1. The van der Waals surface area contributed by atoms with Crippen molar-refractivity contribution < 1.29 is 14.7 Å². The largest absolute Gasteiger partial charge is 0.481 e. The van der Waals surface area contributed by atoms with Crippen LogP contribution in [0, 0.1) is 0 Å². The van der Waals surface area contributed by atoms with Crippen molar-refractivity contribution in [2.75, 3.05) is 0 Å². The maximum absolute atomic E-state index is 10.5. The molecule has 80 valence electrons. The van der Waals surface area contributed by atoms with Gasteiger partial charge in [0, 0.05) is 10.7 Å². The van der Waals surface area contributed by atoms with Gasteiger partial charge in [-0.25, -0.2) is 0 Å². The lowest BCUT2D eigenvalue weighted by molar-refractivity contribution is -0.137. The summed E-state index contributed by atoms with van der Waals surface area (Å²) in [5.41, 5.74) is 0.521. The van der Waals surface area contributed by atoms with Gasteiger partial charge in [-0.1, -0.05) is 0 Å². The van der Waals surface area contributed by atoms with E-state index in [1.165, 1.54) is 0 Å². The number of amides is 1. The Labute approximate surface area is 94.6 Å². The van der Waals surface area contributed by atoms with Crippen molar-refractivity contribution >= 4 is 28.3 Å². The van der Waals surface area contributed by atoms with Crippen LogP contribution in [-0.4, -0.2) is 22.5 Å². The number of hydrogen-bond donors (Lipinski definition) is 2. The van der Waals surface area contributed by atoms with Crippen molar-refractivity contribution in [3.8, 4) is 0 Å². The van der Waals surface area contributed by atoms with Crippen LogP contribution in [0.3, 0.4) is 0 Å². The minimum absolute atomic E-state index is 0.187. The Morgan fingerprint density at radius 3 is 2.87 bits per heavy atom. The van der Waals surface area contributed by atoms with Crippen LogP contribution in [0.5, 0.6) is 0 Å². The number of aromatic nitrogens is 1. The first-order chi connectivity index (χ1) is 7.13. The number of carboxylic acids is 1. The van der Waals surface area contributed by atoms with E-state index in [0.29, 0.717) is 12.1 Å². The Balaban J connectivity index is 2.83. The second kappa shape index (κ2) is 5.45. The van der Waals surface area contributed by atoms with Crippen LogP contribution in [0.1, 0.15) is 18.2 Å². The Bertz CT molecular complexity index is 353. The molecule has 1 aromatic heterocycles. The first kappa shape index (κ1) is 11.6. The molecule has 5 nitrogen and oxygen atoms in total. The Hall–Kier alpha value is -1.43. The van der Waals surface area contributed by atoms with Crippen molar-refractivity contribution in [2.45, 2.75) is 12.5 Å². The van der Waals surface area contributed by atoms with Gasteiger partial charge in [-0.3, -0.25) is 14.6 Å². The molecule has 0 aromatic carbocycles. The molecule has 0 spiro atoms. The van der Waals surface area contributed by atoms with Gasteiger partial charge >= 0.3 is 5.97 Å². The fraction of sp³-hybridized carbons (Fsp3) is 0.222. The Morgan fingerprint density at radius 1 is 1.67 bits per heavy atom. The first-order valence-electron chi connectivity index (χ1n) is 4.16. The summed E-state index contributed by atoms with van der Waals surface area (Å²) in [5.74, 6) is -0.987. The molecule has 0 fully saturated rings. The Kier molecular flexibility index (Phi) is 4.23. The van der Waals surface area contributed by atoms with Gasteiger partial charge in [0.25, 0.3) is 0 Å². The van der Waals surface area contributed by atoms with E-state index in [1.54, 1.807) is 18.3 Å². The van der Waals surface area contributed by atoms with Crippen LogP contribution < -0.4 is 5.32 Å². The van der Waals surface area contributed by atoms with E-state index < -0.39 is 12.0 Å². The van der Waals surface area contributed by atoms with Crippen LogP contribution >= 0.6 is 15.9 Å². The van der Waals surface area contributed by atoms with Gasteiger partial charge < -0.3 is 10.4 Å². The third-order valence-corrected chi connectivity index (χ3v) is 2.22.